The number of benzene rings is 2. The zero-order valence-electron chi connectivity index (χ0n) is 10.4. The molecule has 0 bridgehead atoms. The van der Waals surface area contributed by atoms with Gasteiger partial charge in [0.25, 0.3) is 0 Å². The zero-order chi connectivity index (χ0) is 13.7. The van der Waals surface area contributed by atoms with Crippen LogP contribution >= 0.6 is 0 Å². The Kier molecular flexibility index (Phi) is 4.13. The second kappa shape index (κ2) is 6.00. The maximum Gasteiger partial charge on any atom is 0.153 e. The fraction of sp³-hybridized carbons (Fsp3) is 0.133. The Morgan fingerprint density at radius 3 is 2.42 bits per heavy atom. The minimum Gasteiger partial charge on any atom is -0.494 e. The monoisotopic (exact) mass is 260 g/mol. The van der Waals surface area contributed by atoms with E-state index in [9.17, 15) is 9.18 Å². The third kappa shape index (κ3) is 3.31. The summed E-state index contributed by atoms with van der Waals surface area (Å²) in [4.78, 5) is 10.8. The van der Waals surface area contributed by atoms with Crippen LogP contribution in [-0.2, 0) is 0 Å². The van der Waals surface area contributed by atoms with Crippen LogP contribution in [-0.4, -0.2) is 12.9 Å². The standard InChI is InChI=1S/C15H13FO3/c1-2-18-13-4-6-14(7-5-13)19-15-8-3-12(16)9-11(15)10-17/h3-10H,2H2,1H3. The van der Waals surface area contributed by atoms with Gasteiger partial charge in [-0.2, -0.15) is 0 Å². The number of halogens is 1. The molecule has 0 unspecified atom stereocenters. The Morgan fingerprint density at radius 2 is 1.79 bits per heavy atom. The number of rotatable bonds is 5. The third-order valence-corrected chi connectivity index (χ3v) is 2.46. The molecule has 0 N–H and O–H groups in total. The smallest absolute Gasteiger partial charge is 0.153 e. The normalized spacial score (nSPS) is 10.0. The Labute approximate surface area is 110 Å². The first-order valence-corrected chi connectivity index (χ1v) is 5.88. The van der Waals surface area contributed by atoms with E-state index in [2.05, 4.69) is 0 Å². The highest BCUT2D eigenvalue weighted by Gasteiger charge is 2.06. The van der Waals surface area contributed by atoms with E-state index in [0.717, 1.165) is 11.8 Å². The van der Waals surface area contributed by atoms with Crippen LogP contribution in [0.3, 0.4) is 0 Å². The van der Waals surface area contributed by atoms with Crippen molar-refractivity contribution in [3.05, 3.63) is 53.8 Å². The second-order valence-electron chi connectivity index (χ2n) is 3.81. The zero-order valence-corrected chi connectivity index (χ0v) is 10.4. The molecule has 0 spiro atoms. The predicted octanol–water partition coefficient (Wildman–Crippen LogP) is 3.83. The summed E-state index contributed by atoms with van der Waals surface area (Å²) in [5, 5.41) is 0. The molecule has 0 saturated carbocycles. The number of aldehydes is 1. The molecule has 2 aromatic carbocycles. The molecule has 0 aliphatic carbocycles. The maximum absolute atomic E-state index is 13.0. The summed E-state index contributed by atoms with van der Waals surface area (Å²) in [6, 6.07) is 10.8. The summed E-state index contributed by atoms with van der Waals surface area (Å²) in [7, 11) is 0. The molecular formula is C15H13FO3. The van der Waals surface area contributed by atoms with Crippen LogP contribution in [0.4, 0.5) is 4.39 Å². The molecule has 98 valence electrons. The Bertz CT molecular complexity index is 564. The first-order chi connectivity index (χ1) is 9.22. The van der Waals surface area contributed by atoms with E-state index in [0.29, 0.717) is 24.4 Å². The third-order valence-electron chi connectivity index (χ3n) is 2.46. The van der Waals surface area contributed by atoms with Crippen molar-refractivity contribution in [2.75, 3.05) is 6.61 Å². The number of ether oxygens (including phenoxy) is 2. The molecule has 0 atom stereocenters. The largest absolute Gasteiger partial charge is 0.494 e. The van der Waals surface area contributed by atoms with Gasteiger partial charge in [-0.25, -0.2) is 4.39 Å². The summed E-state index contributed by atoms with van der Waals surface area (Å²) in [6.45, 7) is 2.49. The lowest BCUT2D eigenvalue weighted by Crippen LogP contribution is -1.93. The van der Waals surface area contributed by atoms with Gasteiger partial charge >= 0.3 is 0 Å². The van der Waals surface area contributed by atoms with Gasteiger partial charge in [-0.1, -0.05) is 0 Å². The minimum absolute atomic E-state index is 0.175. The van der Waals surface area contributed by atoms with Crippen molar-refractivity contribution >= 4 is 6.29 Å². The van der Waals surface area contributed by atoms with Crippen LogP contribution in [0.1, 0.15) is 17.3 Å². The number of carbonyl (C=O) groups is 1. The molecule has 0 heterocycles. The van der Waals surface area contributed by atoms with E-state index < -0.39 is 5.82 Å². The van der Waals surface area contributed by atoms with Crippen molar-refractivity contribution in [1.29, 1.82) is 0 Å². The molecule has 0 saturated heterocycles. The molecule has 0 amide bonds. The average Bonchev–Trinajstić information content (AvgIpc) is 2.43. The Morgan fingerprint density at radius 1 is 1.11 bits per heavy atom. The molecule has 0 aliphatic heterocycles. The van der Waals surface area contributed by atoms with Gasteiger partial charge in [-0.05, 0) is 49.4 Å². The lowest BCUT2D eigenvalue weighted by Gasteiger charge is -2.09. The van der Waals surface area contributed by atoms with Gasteiger partial charge < -0.3 is 9.47 Å². The highest BCUT2D eigenvalue weighted by molar-refractivity contribution is 5.79. The van der Waals surface area contributed by atoms with Gasteiger partial charge in [0.15, 0.2) is 6.29 Å². The molecule has 3 nitrogen and oxygen atoms in total. The van der Waals surface area contributed by atoms with E-state index >= 15 is 0 Å². The van der Waals surface area contributed by atoms with Gasteiger partial charge in [-0.15, -0.1) is 0 Å². The minimum atomic E-state index is -0.471. The molecule has 0 aromatic heterocycles. The van der Waals surface area contributed by atoms with Gasteiger partial charge in [0.2, 0.25) is 0 Å². The van der Waals surface area contributed by atoms with Crippen LogP contribution < -0.4 is 9.47 Å². The molecule has 4 heteroatoms. The van der Waals surface area contributed by atoms with Crippen molar-refractivity contribution in [3.63, 3.8) is 0 Å². The fourth-order valence-corrected chi connectivity index (χ4v) is 1.60. The van der Waals surface area contributed by atoms with Crippen molar-refractivity contribution in [3.8, 4) is 17.2 Å². The summed E-state index contributed by atoms with van der Waals surface area (Å²) < 4.78 is 23.8. The summed E-state index contributed by atoms with van der Waals surface area (Å²) in [5.41, 5.74) is 0.175. The summed E-state index contributed by atoms with van der Waals surface area (Å²) >= 11 is 0. The van der Waals surface area contributed by atoms with Gasteiger partial charge in [0.1, 0.15) is 23.1 Å². The maximum atomic E-state index is 13.0. The quantitative estimate of drug-likeness (QED) is 0.766. The van der Waals surface area contributed by atoms with E-state index in [1.165, 1.54) is 12.1 Å². The Hall–Kier alpha value is -2.36. The number of carbonyl (C=O) groups excluding carboxylic acids is 1. The van der Waals surface area contributed by atoms with Crippen LogP contribution in [0.2, 0.25) is 0 Å². The fourth-order valence-electron chi connectivity index (χ4n) is 1.60. The van der Waals surface area contributed by atoms with Crippen molar-refractivity contribution in [1.82, 2.24) is 0 Å². The van der Waals surface area contributed by atoms with Crippen molar-refractivity contribution < 1.29 is 18.7 Å². The van der Waals surface area contributed by atoms with E-state index in [4.69, 9.17) is 9.47 Å². The highest BCUT2D eigenvalue weighted by Crippen LogP contribution is 2.26. The second-order valence-corrected chi connectivity index (χ2v) is 3.81. The van der Waals surface area contributed by atoms with Gasteiger partial charge in [-0.3, -0.25) is 4.79 Å². The van der Waals surface area contributed by atoms with Gasteiger partial charge in [0, 0.05) is 0 Å². The molecule has 19 heavy (non-hydrogen) atoms. The van der Waals surface area contributed by atoms with E-state index in [-0.39, 0.29) is 5.56 Å². The van der Waals surface area contributed by atoms with Crippen molar-refractivity contribution in [2.24, 2.45) is 0 Å². The summed E-state index contributed by atoms with van der Waals surface area (Å²) in [6.07, 6.45) is 0.562. The highest BCUT2D eigenvalue weighted by atomic mass is 19.1. The average molecular weight is 260 g/mol. The molecule has 0 radical (unpaired) electrons. The van der Waals surface area contributed by atoms with E-state index in [1.807, 2.05) is 6.92 Å². The topological polar surface area (TPSA) is 35.5 Å². The van der Waals surface area contributed by atoms with Crippen LogP contribution in [0.5, 0.6) is 17.2 Å². The lowest BCUT2D eigenvalue weighted by molar-refractivity contribution is 0.112. The first-order valence-electron chi connectivity index (χ1n) is 5.88. The molecular weight excluding hydrogens is 247 g/mol. The SMILES string of the molecule is CCOc1ccc(Oc2ccc(F)cc2C=O)cc1. The van der Waals surface area contributed by atoms with Gasteiger partial charge in [0.05, 0.1) is 12.2 Å². The van der Waals surface area contributed by atoms with Crippen LogP contribution in [0, 0.1) is 5.82 Å². The molecule has 2 aromatic rings. The Balaban J connectivity index is 2.18. The molecule has 2 rings (SSSR count). The molecule has 0 fully saturated rings. The number of hydrogen-bond acceptors (Lipinski definition) is 3. The number of hydrogen-bond donors (Lipinski definition) is 0. The van der Waals surface area contributed by atoms with Crippen LogP contribution in [0.15, 0.2) is 42.5 Å². The summed E-state index contributed by atoms with van der Waals surface area (Å²) in [5.74, 6) is 1.14. The van der Waals surface area contributed by atoms with Crippen LogP contribution in [0.25, 0.3) is 0 Å². The van der Waals surface area contributed by atoms with Crippen molar-refractivity contribution in [2.45, 2.75) is 6.92 Å². The predicted molar refractivity (Wildman–Crippen MR) is 69.5 cm³/mol. The van der Waals surface area contributed by atoms with E-state index in [1.54, 1.807) is 24.3 Å². The lowest BCUT2D eigenvalue weighted by atomic mass is 10.2. The molecule has 0 aliphatic rings. The first kappa shape index (κ1) is 13.1.